The van der Waals surface area contributed by atoms with Crippen LogP contribution in [0, 0.1) is 6.92 Å². The smallest absolute Gasteiger partial charge is 0.124 e. The molecule has 0 radical (unpaired) electrons. The van der Waals surface area contributed by atoms with E-state index in [1.165, 1.54) is 0 Å². The summed E-state index contributed by atoms with van der Waals surface area (Å²) in [5.74, 6) is 0.979. The van der Waals surface area contributed by atoms with Crippen LogP contribution in [0.15, 0.2) is 6.07 Å². The molecular formula is C12H17NO3. The minimum atomic E-state index is -0.694. The fraction of sp³-hybridized carbons (Fsp3) is 0.500. The zero-order chi connectivity index (χ0) is 11.7. The largest absolute Gasteiger partial charge is 0.507 e. The molecule has 1 unspecified atom stereocenters. The molecule has 0 spiro atoms. The second-order valence-electron chi connectivity index (χ2n) is 4.10. The molecule has 1 aromatic carbocycles. The Hall–Kier alpha value is -1.26. The summed E-state index contributed by atoms with van der Waals surface area (Å²) in [4.78, 5) is 0. The number of phenolic OH excluding ortho intramolecular Hbond substituents is 1. The second kappa shape index (κ2) is 4.31. The number of fused-ring (bicyclic) bond motifs is 1. The zero-order valence-corrected chi connectivity index (χ0v) is 9.58. The molecule has 0 bridgehead atoms. The number of benzene rings is 1. The summed E-state index contributed by atoms with van der Waals surface area (Å²) in [6.45, 7) is 2.86. The van der Waals surface area contributed by atoms with Crippen LogP contribution in [-0.2, 0) is 6.42 Å². The molecule has 2 rings (SSSR count). The Morgan fingerprint density at radius 3 is 3.00 bits per heavy atom. The van der Waals surface area contributed by atoms with Crippen LogP contribution < -0.4 is 10.1 Å². The lowest BCUT2D eigenvalue weighted by molar-refractivity contribution is 0.173. The highest BCUT2D eigenvalue weighted by atomic mass is 16.5. The maximum Gasteiger partial charge on any atom is 0.124 e. The second-order valence-corrected chi connectivity index (χ2v) is 4.10. The predicted molar refractivity (Wildman–Crippen MR) is 60.9 cm³/mol. The first-order valence-electron chi connectivity index (χ1n) is 5.46. The van der Waals surface area contributed by atoms with E-state index < -0.39 is 6.10 Å². The van der Waals surface area contributed by atoms with Gasteiger partial charge in [0.15, 0.2) is 0 Å². The van der Waals surface area contributed by atoms with Gasteiger partial charge in [-0.25, -0.2) is 0 Å². The van der Waals surface area contributed by atoms with Gasteiger partial charge in [-0.3, -0.25) is 0 Å². The molecule has 3 N–H and O–H groups in total. The van der Waals surface area contributed by atoms with Gasteiger partial charge in [-0.1, -0.05) is 0 Å². The first-order valence-corrected chi connectivity index (χ1v) is 5.46. The summed E-state index contributed by atoms with van der Waals surface area (Å²) in [6, 6.07) is 1.83. The number of likely N-dealkylation sites (N-methyl/N-ethyl adjacent to an activating group) is 1. The van der Waals surface area contributed by atoms with Gasteiger partial charge in [0.25, 0.3) is 0 Å². The van der Waals surface area contributed by atoms with Gasteiger partial charge in [-0.05, 0) is 25.6 Å². The third-order valence-electron chi connectivity index (χ3n) is 2.94. The number of ether oxygens (including phenoxy) is 1. The number of hydrogen-bond acceptors (Lipinski definition) is 4. The van der Waals surface area contributed by atoms with Crippen LogP contribution in [0.3, 0.4) is 0 Å². The van der Waals surface area contributed by atoms with Gasteiger partial charge < -0.3 is 20.3 Å². The Labute approximate surface area is 94.9 Å². The van der Waals surface area contributed by atoms with Crippen LogP contribution >= 0.6 is 0 Å². The molecule has 1 aliphatic rings. The Balaban J connectivity index is 2.49. The van der Waals surface area contributed by atoms with E-state index >= 15 is 0 Å². The average Bonchev–Trinajstić information content (AvgIpc) is 2.67. The number of nitrogens with one attached hydrogen (secondary N) is 1. The van der Waals surface area contributed by atoms with Gasteiger partial charge in [-0.2, -0.15) is 0 Å². The highest BCUT2D eigenvalue weighted by Gasteiger charge is 2.25. The standard InChI is InChI=1S/C12H17NO3/c1-7-5-10-8(3-4-16-10)11(12(7)15)9(14)6-13-2/h5,9,13-15H,3-4,6H2,1-2H3. The van der Waals surface area contributed by atoms with E-state index in [0.717, 1.165) is 23.3 Å². The predicted octanol–water partition coefficient (Wildman–Crippen LogP) is 0.888. The van der Waals surface area contributed by atoms with Gasteiger partial charge in [0.05, 0.1) is 12.7 Å². The topological polar surface area (TPSA) is 61.7 Å². The molecule has 1 aliphatic heterocycles. The summed E-state index contributed by atoms with van der Waals surface area (Å²) in [6.07, 6.45) is 0.0552. The maximum absolute atomic E-state index is 10.0. The molecule has 1 aromatic rings. The fourth-order valence-electron chi connectivity index (χ4n) is 2.14. The number of aliphatic hydroxyl groups is 1. The van der Waals surface area contributed by atoms with Gasteiger partial charge in [0.2, 0.25) is 0 Å². The van der Waals surface area contributed by atoms with Gasteiger partial charge in [0, 0.05) is 24.1 Å². The third-order valence-corrected chi connectivity index (χ3v) is 2.94. The molecule has 4 nitrogen and oxygen atoms in total. The van der Waals surface area contributed by atoms with Crippen molar-refractivity contribution in [2.45, 2.75) is 19.4 Å². The Bertz CT molecular complexity index is 404. The van der Waals surface area contributed by atoms with Crippen molar-refractivity contribution in [3.63, 3.8) is 0 Å². The molecule has 16 heavy (non-hydrogen) atoms. The number of hydrogen-bond donors (Lipinski definition) is 3. The van der Waals surface area contributed by atoms with Crippen LogP contribution in [0.1, 0.15) is 22.8 Å². The fourth-order valence-corrected chi connectivity index (χ4v) is 2.14. The lowest BCUT2D eigenvalue weighted by atomic mass is 9.96. The van der Waals surface area contributed by atoms with E-state index in [4.69, 9.17) is 4.74 Å². The Kier molecular flexibility index (Phi) is 3.03. The van der Waals surface area contributed by atoms with Crippen LogP contribution in [0.5, 0.6) is 11.5 Å². The molecule has 1 atom stereocenters. The molecule has 88 valence electrons. The number of phenols is 1. The van der Waals surface area contributed by atoms with Crippen molar-refractivity contribution >= 4 is 0 Å². The van der Waals surface area contributed by atoms with Crippen molar-refractivity contribution in [1.29, 1.82) is 0 Å². The monoisotopic (exact) mass is 223 g/mol. The van der Waals surface area contributed by atoms with Crippen LogP contribution in [0.4, 0.5) is 0 Å². The average molecular weight is 223 g/mol. The van der Waals surface area contributed by atoms with Crippen LogP contribution in [0.2, 0.25) is 0 Å². The molecule has 0 aliphatic carbocycles. The van der Waals surface area contributed by atoms with Crippen molar-refractivity contribution in [2.24, 2.45) is 0 Å². The normalized spacial score (nSPS) is 15.7. The number of rotatable bonds is 3. The van der Waals surface area contributed by atoms with E-state index in [-0.39, 0.29) is 5.75 Å². The van der Waals surface area contributed by atoms with Gasteiger partial charge >= 0.3 is 0 Å². The number of aryl methyl sites for hydroxylation is 1. The molecule has 0 amide bonds. The highest BCUT2D eigenvalue weighted by molar-refractivity contribution is 5.55. The Morgan fingerprint density at radius 2 is 2.31 bits per heavy atom. The molecule has 0 saturated heterocycles. The first kappa shape index (κ1) is 11.2. The summed E-state index contributed by atoms with van der Waals surface area (Å²) in [5.41, 5.74) is 2.29. The minimum Gasteiger partial charge on any atom is -0.507 e. The van der Waals surface area contributed by atoms with E-state index in [1.807, 2.05) is 13.0 Å². The summed E-state index contributed by atoms with van der Waals surface area (Å²) in [5, 5.41) is 22.9. The molecule has 0 aromatic heterocycles. The molecule has 1 heterocycles. The van der Waals surface area contributed by atoms with Crippen molar-refractivity contribution in [2.75, 3.05) is 20.2 Å². The summed E-state index contributed by atoms with van der Waals surface area (Å²) in [7, 11) is 1.77. The first-order chi connectivity index (χ1) is 7.65. The van der Waals surface area contributed by atoms with Crippen molar-refractivity contribution in [3.8, 4) is 11.5 Å². The van der Waals surface area contributed by atoms with Crippen LogP contribution in [0.25, 0.3) is 0 Å². The van der Waals surface area contributed by atoms with E-state index in [9.17, 15) is 10.2 Å². The molecule has 0 saturated carbocycles. The number of aromatic hydroxyl groups is 1. The van der Waals surface area contributed by atoms with Crippen molar-refractivity contribution in [3.05, 3.63) is 22.8 Å². The summed E-state index contributed by atoms with van der Waals surface area (Å²) < 4.78 is 5.46. The molecule has 0 fully saturated rings. The van der Waals surface area contributed by atoms with E-state index in [1.54, 1.807) is 7.05 Å². The minimum absolute atomic E-state index is 0.187. The Morgan fingerprint density at radius 1 is 1.56 bits per heavy atom. The highest BCUT2D eigenvalue weighted by Crippen LogP contribution is 2.39. The van der Waals surface area contributed by atoms with Gasteiger partial charge in [0.1, 0.15) is 11.5 Å². The van der Waals surface area contributed by atoms with Crippen molar-refractivity contribution < 1.29 is 14.9 Å². The number of aliphatic hydroxyl groups excluding tert-OH is 1. The van der Waals surface area contributed by atoms with Crippen molar-refractivity contribution in [1.82, 2.24) is 5.32 Å². The quantitative estimate of drug-likeness (QED) is 0.712. The lowest BCUT2D eigenvalue weighted by Crippen LogP contribution is -2.18. The zero-order valence-electron chi connectivity index (χ0n) is 9.58. The summed E-state index contributed by atoms with van der Waals surface area (Å²) >= 11 is 0. The maximum atomic E-state index is 10.0. The van der Waals surface area contributed by atoms with E-state index in [2.05, 4.69) is 5.32 Å². The molecular weight excluding hydrogens is 206 g/mol. The van der Waals surface area contributed by atoms with Gasteiger partial charge in [-0.15, -0.1) is 0 Å². The lowest BCUT2D eigenvalue weighted by Gasteiger charge is -2.17. The molecule has 4 heteroatoms. The van der Waals surface area contributed by atoms with E-state index in [0.29, 0.717) is 18.7 Å². The third kappa shape index (κ3) is 1.74. The SMILES string of the molecule is CNCC(O)c1c(O)c(C)cc2c1CCO2. The van der Waals surface area contributed by atoms with Crippen LogP contribution in [-0.4, -0.2) is 30.4 Å².